The number of hydrogen-bond donors (Lipinski definition) is 1. The summed E-state index contributed by atoms with van der Waals surface area (Å²) in [5.41, 5.74) is -0.443. The van der Waals surface area contributed by atoms with Gasteiger partial charge in [0.1, 0.15) is 5.82 Å². The largest absolute Gasteiger partial charge is 0.427 e. The first-order valence-corrected chi connectivity index (χ1v) is 7.36. The maximum absolute atomic E-state index is 10.1. The molecule has 0 atom stereocenters. The van der Waals surface area contributed by atoms with Crippen molar-refractivity contribution in [3.8, 4) is 0 Å². The van der Waals surface area contributed by atoms with Gasteiger partial charge in [0.25, 0.3) is 0 Å². The Hall–Kier alpha value is -1.07. The van der Waals surface area contributed by atoms with Crippen LogP contribution in [0.3, 0.4) is 0 Å². The summed E-state index contributed by atoms with van der Waals surface area (Å²) >= 11 is 0. The van der Waals surface area contributed by atoms with E-state index in [4.69, 9.17) is 4.65 Å². The van der Waals surface area contributed by atoms with Crippen LogP contribution in [0, 0.1) is 0 Å². The topological polar surface area (TPSA) is 45.6 Å². The normalized spacial score (nSPS) is 16.6. The molecule has 4 nitrogen and oxygen atoms in total. The molecule has 1 aliphatic heterocycles. The molecule has 2 rings (SSSR count). The van der Waals surface area contributed by atoms with Gasteiger partial charge < -0.3 is 14.7 Å². The van der Waals surface area contributed by atoms with Crippen molar-refractivity contribution in [3.05, 3.63) is 18.3 Å². The number of rotatable bonds is 5. The van der Waals surface area contributed by atoms with Crippen molar-refractivity contribution in [3.63, 3.8) is 0 Å². The number of hydrogen-bond acceptors (Lipinski definition) is 4. The molecule has 0 bridgehead atoms. The van der Waals surface area contributed by atoms with Crippen LogP contribution in [0.1, 0.15) is 40.5 Å². The number of anilines is 1. The first-order valence-electron chi connectivity index (χ1n) is 7.36. The van der Waals surface area contributed by atoms with Gasteiger partial charge in [0.15, 0.2) is 0 Å². The Bertz CT molecular complexity index is 434. The minimum atomic E-state index is -0.879. The molecule has 2 heterocycles. The van der Waals surface area contributed by atoms with Crippen LogP contribution >= 0.6 is 0 Å². The molecule has 1 saturated heterocycles. The number of nitrogens with zero attached hydrogens (tertiary/aromatic N) is 2. The zero-order valence-electron chi connectivity index (χ0n) is 13.0. The summed E-state index contributed by atoms with van der Waals surface area (Å²) < 4.78 is 5.84. The third-order valence-corrected chi connectivity index (χ3v) is 4.31. The minimum absolute atomic E-state index is 0.463. The maximum Gasteiger partial charge on any atom is 0.311 e. The molecule has 0 unspecified atom stereocenters. The average molecular weight is 276 g/mol. The van der Waals surface area contributed by atoms with E-state index in [2.05, 4.69) is 22.0 Å². The molecule has 0 amide bonds. The Morgan fingerprint density at radius 3 is 2.35 bits per heavy atom. The van der Waals surface area contributed by atoms with Crippen molar-refractivity contribution < 1.29 is 9.76 Å². The smallest absolute Gasteiger partial charge is 0.311 e. The van der Waals surface area contributed by atoms with Crippen LogP contribution in [0.5, 0.6) is 0 Å². The first kappa shape index (κ1) is 15.3. The lowest BCUT2D eigenvalue weighted by atomic mass is 9.83. The highest BCUT2D eigenvalue weighted by Gasteiger charge is 2.35. The highest BCUT2D eigenvalue weighted by Crippen LogP contribution is 2.24. The van der Waals surface area contributed by atoms with Crippen LogP contribution in [0.4, 0.5) is 5.82 Å². The molecule has 1 aliphatic rings. The van der Waals surface area contributed by atoms with Crippen LogP contribution in [-0.2, 0) is 4.65 Å². The van der Waals surface area contributed by atoms with Gasteiger partial charge in [-0.25, -0.2) is 4.98 Å². The second-order valence-electron chi connectivity index (χ2n) is 6.58. The molecule has 0 aliphatic carbocycles. The lowest BCUT2D eigenvalue weighted by Crippen LogP contribution is -2.49. The quantitative estimate of drug-likeness (QED) is 0.821. The summed E-state index contributed by atoms with van der Waals surface area (Å²) in [6.07, 6.45) is 4.38. The Morgan fingerprint density at radius 1 is 1.20 bits per heavy atom. The van der Waals surface area contributed by atoms with Gasteiger partial charge in [-0.15, -0.1) is 0 Å². The fraction of sp³-hybridized carbons (Fsp3) is 0.667. The Balaban J connectivity index is 1.94. The van der Waals surface area contributed by atoms with Gasteiger partial charge in [-0.3, -0.25) is 0 Å². The van der Waals surface area contributed by atoms with Crippen molar-refractivity contribution >= 4 is 18.8 Å². The van der Waals surface area contributed by atoms with E-state index in [-0.39, 0.29) is 0 Å². The van der Waals surface area contributed by atoms with Gasteiger partial charge >= 0.3 is 7.48 Å². The summed E-state index contributed by atoms with van der Waals surface area (Å²) in [7, 11) is 0.463. The van der Waals surface area contributed by atoms with E-state index in [1.54, 1.807) is 13.8 Å². The molecule has 0 saturated carbocycles. The van der Waals surface area contributed by atoms with Crippen LogP contribution in [0.2, 0.25) is 0 Å². The molecule has 0 spiro atoms. The van der Waals surface area contributed by atoms with E-state index >= 15 is 0 Å². The molecule has 0 aromatic carbocycles. The van der Waals surface area contributed by atoms with Crippen molar-refractivity contribution in [2.24, 2.45) is 0 Å². The van der Waals surface area contributed by atoms with Gasteiger partial charge in [-0.2, -0.15) is 0 Å². The van der Waals surface area contributed by atoms with Gasteiger partial charge in [0, 0.05) is 19.3 Å². The third kappa shape index (κ3) is 3.52. The highest BCUT2D eigenvalue weighted by molar-refractivity contribution is 6.46. The van der Waals surface area contributed by atoms with Crippen LogP contribution in [-0.4, -0.2) is 41.9 Å². The van der Waals surface area contributed by atoms with Gasteiger partial charge in [-0.1, -0.05) is 6.07 Å². The number of aliphatic hydroxyl groups is 1. The average Bonchev–Trinajstić information content (AvgIpc) is 2.89. The predicted octanol–water partition coefficient (Wildman–Crippen LogP) is 1.22. The molecular formula is C15H25BN2O2. The maximum atomic E-state index is 10.1. The zero-order valence-corrected chi connectivity index (χ0v) is 13.0. The molecule has 1 N–H and O–H groups in total. The van der Waals surface area contributed by atoms with E-state index in [9.17, 15) is 5.11 Å². The fourth-order valence-corrected chi connectivity index (χ4v) is 2.08. The van der Waals surface area contributed by atoms with Crippen molar-refractivity contribution in [2.45, 2.75) is 51.7 Å². The summed E-state index contributed by atoms with van der Waals surface area (Å²) in [6, 6.07) is 4.11. The van der Waals surface area contributed by atoms with Gasteiger partial charge in [-0.05, 0) is 52.1 Å². The Morgan fingerprint density at radius 2 is 1.85 bits per heavy atom. The summed E-state index contributed by atoms with van der Waals surface area (Å²) in [6.45, 7) is 9.55. The summed E-state index contributed by atoms with van der Waals surface area (Å²) in [4.78, 5) is 6.82. The minimum Gasteiger partial charge on any atom is -0.427 e. The highest BCUT2D eigenvalue weighted by atomic mass is 16.5. The van der Waals surface area contributed by atoms with Crippen LogP contribution in [0.25, 0.3) is 0 Å². The molecule has 20 heavy (non-hydrogen) atoms. The van der Waals surface area contributed by atoms with Crippen molar-refractivity contribution in [1.82, 2.24) is 4.98 Å². The SMILES string of the molecule is CC(C)(O)C(C)(C)OBc1ccc(N2CCCC2)nc1. The molecule has 0 radical (unpaired) electrons. The molecule has 1 fully saturated rings. The van der Waals surface area contributed by atoms with Gasteiger partial charge in [0.05, 0.1) is 11.2 Å². The van der Waals surface area contributed by atoms with Crippen molar-refractivity contribution in [2.75, 3.05) is 18.0 Å². The van der Waals surface area contributed by atoms with E-state index < -0.39 is 11.2 Å². The predicted molar refractivity (Wildman–Crippen MR) is 83.9 cm³/mol. The molecule has 1 aromatic heterocycles. The fourth-order valence-electron chi connectivity index (χ4n) is 2.08. The summed E-state index contributed by atoms with van der Waals surface area (Å²) in [5.74, 6) is 1.05. The van der Waals surface area contributed by atoms with E-state index in [1.807, 2.05) is 20.0 Å². The zero-order chi connectivity index (χ0) is 14.8. The van der Waals surface area contributed by atoms with Crippen LogP contribution < -0.4 is 10.4 Å². The number of pyridine rings is 1. The second kappa shape index (κ2) is 5.74. The first-order chi connectivity index (χ1) is 9.29. The molecule has 1 aromatic rings. The number of aromatic nitrogens is 1. The second-order valence-corrected chi connectivity index (χ2v) is 6.58. The lowest BCUT2D eigenvalue weighted by molar-refractivity contribution is -0.0893. The van der Waals surface area contributed by atoms with E-state index in [0.717, 1.165) is 24.4 Å². The van der Waals surface area contributed by atoms with E-state index in [1.165, 1.54) is 12.8 Å². The molecule has 110 valence electrons. The lowest BCUT2D eigenvalue weighted by Gasteiger charge is -2.37. The van der Waals surface area contributed by atoms with Gasteiger partial charge in [0.2, 0.25) is 0 Å². The standard InChI is InChI=1S/C15H25BN2O2/c1-14(2,19)15(3,4)20-16-12-7-8-13(17-11-12)18-9-5-6-10-18/h7-8,11,16,19H,5-6,9-10H2,1-4H3. The van der Waals surface area contributed by atoms with Crippen molar-refractivity contribution in [1.29, 1.82) is 0 Å². The van der Waals surface area contributed by atoms with E-state index in [0.29, 0.717) is 7.48 Å². The Kier molecular flexibility index (Phi) is 4.40. The monoisotopic (exact) mass is 276 g/mol. The third-order valence-electron chi connectivity index (χ3n) is 4.31. The summed E-state index contributed by atoms with van der Waals surface area (Å²) in [5, 5.41) is 10.1. The molecule has 5 heteroatoms. The Labute approximate surface area is 122 Å². The molecular weight excluding hydrogens is 251 g/mol. The van der Waals surface area contributed by atoms with Crippen LogP contribution in [0.15, 0.2) is 18.3 Å².